The Morgan fingerprint density at radius 2 is 1.79 bits per heavy atom. The van der Waals surface area contributed by atoms with Crippen LogP contribution in [0.1, 0.15) is 27.9 Å². The Balaban J connectivity index is 1.88. The minimum absolute atomic E-state index is 0.0116. The fourth-order valence-electron chi connectivity index (χ4n) is 6.42. The molecule has 7 N–H and O–H groups in total. The van der Waals surface area contributed by atoms with Crippen LogP contribution in [0, 0.1) is 23.7 Å². The number of Topliss-reactive ketones (excluding diaryl/α,β-unsaturated/α-hetero) is 4. The zero-order valence-corrected chi connectivity index (χ0v) is 22.3. The van der Waals surface area contributed by atoms with Gasteiger partial charge >= 0.3 is 0 Å². The monoisotopic (exact) mass is 545 g/mol. The first-order chi connectivity index (χ1) is 17.6. The van der Waals surface area contributed by atoms with Gasteiger partial charge in [-0.3, -0.25) is 28.9 Å². The number of rotatable bonds is 5. The highest BCUT2D eigenvalue weighted by Gasteiger charge is 2.69. The van der Waals surface area contributed by atoms with Crippen LogP contribution in [0.15, 0.2) is 6.07 Å². The van der Waals surface area contributed by atoms with Crippen LogP contribution in [0.4, 0.5) is 5.69 Å². The quantitative estimate of drug-likeness (QED) is 0.207. The highest BCUT2D eigenvalue weighted by molar-refractivity contribution is 7.80. The van der Waals surface area contributed by atoms with Gasteiger partial charge in [0, 0.05) is 37.8 Å². The first-order valence-corrected chi connectivity index (χ1v) is 12.5. The first kappa shape index (κ1) is 27.6. The third-order valence-electron chi connectivity index (χ3n) is 8.05. The maximum absolute atomic E-state index is 13.9. The van der Waals surface area contributed by atoms with Crippen LogP contribution in [0.25, 0.3) is 0 Å². The number of nitrogens with one attached hydrogen (secondary N) is 1. The topological polar surface area (TPSA) is 196 Å². The molecule has 0 radical (unpaired) electrons. The second-order valence-corrected chi connectivity index (χ2v) is 11.1. The molecule has 1 amide bonds. The fourth-order valence-corrected chi connectivity index (χ4v) is 6.49. The third-order valence-corrected chi connectivity index (χ3v) is 8.20. The second-order valence-electron chi connectivity index (χ2n) is 10.7. The van der Waals surface area contributed by atoms with Gasteiger partial charge < -0.3 is 31.9 Å². The van der Waals surface area contributed by atoms with Crippen LogP contribution in [0.5, 0.6) is 5.75 Å². The molecule has 2 fully saturated rings. The Kier molecular flexibility index (Phi) is 6.83. The maximum atomic E-state index is 13.9. The van der Waals surface area contributed by atoms with E-state index in [1.54, 1.807) is 39.2 Å². The lowest BCUT2D eigenvalue weighted by molar-refractivity contribution is -0.181. The Bertz CT molecular complexity index is 1300. The van der Waals surface area contributed by atoms with Crippen LogP contribution in [0.3, 0.4) is 0 Å². The average Bonchev–Trinajstić information content (AvgIpc) is 2.80. The van der Waals surface area contributed by atoms with E-state index in [0.29, 0.717) is 16.8 Å². The molecule has 0 bridgehead atoms. The third kappa shape index (κ3) is 3.87. The number of aliphatic hydroxyl groups is 1. The van der Waals surface area contributed by atoms with E-state index >= 15 is 0 Å². The van der Waals surface area contributed by atoms with Crippen molar-refractivity contribution in [2.24, 2.45) is 35.1 Å². The Labute approximate surface area is 224 Å². The van der Waals surface area contributed by atoms with E-state index in [4.69, 9.17) is 23.7 Å². The molecule has 0 aliphatic heterocycles. The second kappa shape index (κ2) is 9.40. The van der Waals surface area contributed by atoms with E-state index in [1.165, 1.54) is 4.90 Å². The van der Waals surface area contributed by atoms with Crippen molar-refractivity contribution in [3.63, 3.8) is 0 Å². The molecule has 1 aromatic rings. The summed E-state index contributed by atoms with van der Waals surface area (Å²) in [6, 6.07) is 0.550. The number of phenolic OH excluding ortho intramolecular Hbond substituents is 1. The number of likely N-dealkylation sites (N-methyl/N-ethyl adjacent to an activating group) is 1. The highest BCUT2D eigenvalue weighted by Crippen LogP contribution is 2.52. The fraction of sp³-hybridized carbons (Fsp3) is 0.520. The van der Waals surface area contributed by atoms with E-state index in [0.717, 1.165) is 0 Å². The summed E-state index contributed by atoms with van der Waals surface area (Å²) in [4.78, 5) is 69.6. The summed E-state index contributed by atoms with van der Waals surface area (Å²) < 4.78 is 0. The molecule has 0 aromatic heterocycles. The molecule has 0 heterocycles. The number of amides is 1. The molecule has 6 atom stereocenters. The standard InChI is InChI=1S/C25H31N5O7S/c1-29(2)13-7-10(8-28-24(27)38)18(31)15-11(13)5-9-6-12-17(30(3)4)20(33)16(23(26)36)22(35)25(12,37)21(34)14(9)19(15)32/h7,9,12,14,16-17,31,37H,5-6,8H2,1-4H3,(H2,26,36)(H3,27,28,38)/t9-,12-,14?,16?,17-,25-/m0/s1. The molecule has 1 aromatic carbocycles. The molecule has 0 spiro atoms. The van der Waals surface area contributed by atoms with Crippen molar-refractivity contribution in [1.29, 1.82) is 0 Å². The summed E-state index contributed by atoms with van der Waals surface area (Å²) in [6.07, 6.45) is 0.165. The Morgan fingerprint density at radius 3 is 2.32 bits per heavy atom. The molecule has 2 unspecified atom stereocenters. The lowest BCUT2D eigenvalue weighted by Crippen LogP contribution is -2.74. The van der Waals surface area contributed by atoms with Gasteiger partial charge in [-0.2, -0.15) is 0 Å². The van der Waals surface area contributed by atoms with Crippen LogP contribution < -0.4 is 21.7 Å². The molecule has 3 aliphatic rings. The van der Waals surface area contributed by atoms with Crippen molar-refractivity contribution in [1.82, 2.24) is 10.2 Å². The summed E-state index contributed by atoms with van der Waals surface area (Å²) in [7, 11) is 6.62. The molecule has 3 aliphatic carbocycles. The number of carbonyl (C=O) groups is 5. The molecule has 38 heavy (non-hydrogen) atoms. The number of aromatic hydroxyl groups is 1. The number of hydrogen-bond donors (Lipinski definition) is 5. The van der Waals surface area contributed by atoms with Crippen molar-refractivity contribution in [2.45, 2.75) is 31.0 Å². The Hall–Kier alpha value is -3.42. The van der Waals surface area contributed by atoms with Gasteiger partial charge in [0.2, 0.25) is 5.91 Å². The van der Waals surface area contributed by atoms with Crippen LogP contribution >= 0.6 is 12.2 Å². The van der Waals surface area contributed by atoms with Gasteiger partial charge in [-0.1, -0.05) is 0 Å². The van der Waals surface area contributed by atoms with Crippen molar-refractivity contribution in [2.75, 3.05) is 33.1 Å². The number of primary amides is 1. The van der Waals surface area contributed by atoms with Gasteiger partial charge in [-0.15, -0.1) is 0 Å². The molecule has 4 rings (SSSR count). The predicted octanol–water partition coefficient (Wildman–Crippen LogP) is -1.73. The van der Waals surface area contributed by atoms with E-state index in [1.807, 2.05) is 0 Å². The largest absolute Gasteiger partial charge is 0.507 e. The lowest BCUT2D eigenvalue weighted by atomic mass is 9.52. The van der Waals surface area contributed by atoms with Crippen molar-refractivity contribution >= 4 is 52.1 Å². The number of carbonyl (C=O) groups excluding carboxylic acids is 5. The number of ketones is 4. The predicted molar refractivity (Wildman–Crippen MR) is 139 cm³/mol. The van der Waals surface area contributed by atoms with E-state index in [9.17, 15) is 34.2 Å². The van der Waals surface area contributed by atoms with Crippen LogP contribution in [-0.4, -0.2) is 89.1 Å². The zero-order valence-electron chi connectivity index (χ0n) is 21.5. The minimum atomic E-state index is -2.76. The molecular weight excluding hydrogens is 514 g/mol. The molecule has 0 saturated heterocycles. The highest BCUT2D eigenvalue weighted by atomic mass is 32.1. The smallest absolute Gasteiger partial charge is 0.235 e. The molecule has 204 valence electrons. The van der Waals surface area contributed by atoms with E-state index < -0.39 is 64.4 Å². The van der Waals surface area contributed by atoms with Gasteiger partial charge in [-0.05, 0) is 56.7 Å². The van der Waals surface area contributed by atoms with Crippen molar-refractivity contribution in [3.05, 3.63) is 22.8 Å². The maximum Gasteiger partial charge on any atom is 0.235 e. The van der Waals surface area contributed by atoms with E-state index in [2.05, 4.69) is 5.32 Å². The molecule has 13 heteroatoms. The minimum Gasteiger partial charge on any atom is -0.507 e. The molecule has 12 nitrogen and oxygen atoms in total. The number of benzene rings is 1. The van der Waals surface area contributed by atoms with E-state index in [-0.39, 0.29) is 35.8 Å². The number of hydrogen-bond acceptors (Lipinski definition) is 10. The Morgan fingerprint density at radius 1 is 1.16 bits per heavy atom. The van der Waals surface area contributed by atoms with Crippen molar-refractivity contribution < 1.29 is 34.2 Å². The summed E-state index contributed by atoms with van der Waals surface area (Å²) in [5, 5.41) is 25.5. The number of nitrogens with zero attached hydrogens (tertiary/aromatic N) is 2. The van der Waals surface area contributed by atoms with Gasteiger partial charge in [0.15, 0.2) is 39.8 Å². The lowest BCUT2D eigenvalue weighted by Gasteiger charge is -2.52. The summed E-state index contributed by atoms with van der Waals surface area (Å²) in [5.74, 6) is -10.8. The van der Waals surface area contributed by atoms with Crippen molar-refractivity contribution in [3.8, 4) is 5.75 Å². The molecular formula is C25H31N5O7S. The summed E-state index contributed by atoms with van der Waals surface area (Å²) in [6.45, 7) is 0.0159. The summed E-state index contributed by atoms with van der Waals surface area (Å²) in [5.41, 5.74) is 9.48. The zero-order chi connectivity index (χ0) is 28.4. The normalized spacial score (nSPS) is 30.4. The number of fused-ring (bicyclic) bond motifs is 3. The van der Waals surface area contributed by atoms with Crippen LogP contribution in [-0.2, 0) is 32.1 Å². The molecule has 2 saturated carbocycles. The number of thiocarbonyl (C=S) groups is 1. The summed E-state index contributed by atoms with van der Waals surface area (Å²) >= 11 is 4.84. The number of anilines is 1. The van der Waals surface area contributed by atoms with Crippen LogP contribution in [0.2, 0.25) is 0 Å². The average molecular weight is 546 g/mol. The first-order valence-electron chi connectivity index (χ1n) is 12.1. The van der Waals surface area contributed by atoms with Gasteiger partial charge in [0.25, 0.3) is 0 Å². The van der Waals surface area contributed by atoms with Gasteiger partial charge in [0.05, 0.1) is 17.5 Å². The van der Waals surface area contributed by atoms with Gasteiger partial charge in [0.1, 0.15) is 5.75 Å². The van der Waals surface area contributed by atoms with Gasteiger partial charge in [-0.25, -0.2) is 0 Å². The number of phenols is 1. The SMILES string of the molecule is CN(C)c1cc(CNC(N)=S)c(O)c2c1C[C@H]1C[C@H]3[C@H](N(C)C)C(=O)C(C(N)=O)C(=O)[C@@]3(O)C(=O)C1C2=O. The number of nitrogens with two attached hydrogens (primary N) is 2.